The molecule has 2 rings (SSSR count). The zero-order valence-corrected chi connectivity index (χ0v) is 19.1. The van der Waals surface area contributed by atoms with Gasteiger partial charge in [0.05, 0.1) is 33.5 Å². The molecule has 0 aromatic heterocycles. The third-order valence-electron chi connectivity index (χ3n) is 4.29. The number of halogens is 1. The van der Waals surface area contributed by atoms with Crippen LogP contribution in [-0.4, -0.2) is 77.6 Å². The molecule has 1 unspecified atom stereocenters. The molecule has 1 fully saturated rings. The highest BCUT2D eigenvalue weighted by atomic mass is 127. The number of likely N-dealkylation sites (N-methyl/N-ethyl adjacent to an activating group) is 1. The second-order valence-corrected chi connectivity index (χ2v) is 6.34. The quantitative estimate of drug-likeness (QED) is 0.328. The standard InChI is InChI=1S/C19H32N4O3.HI/c1-5-20-19(22-13-16-14-23(2)10-11-26-16)21-9-8-15-6-7-17(24-3)18(12-15)25-4;/h6-7,12,16H,5,8-11,13-14H2,1-4H3,(H2,20,21,22);1H. The van der Waals surface area contributed by atoms with Gasteiger partial charge in [-0.15, -0.1) is 24.0 Å². The molecule has 0 saturated carbocycles. The van der Waals surface area contributed by atoms with Gasteiger partial charge in [-0.25, -0.2) is 0 Å². The molecule has 1 saturated heterocycles. The second kappa shape index (κ2) is 13.0. The monoisotopic (exact) mass is 492 g/mol. The van der Waals surface area contributed by atoms with Crippen molar-refractivity contribution in [2.24, 2.45) is 4.99 Å². The number of benzene rings is 1. The van der Waals surface area contributed by atoms with Crippen LogP contribution in [0.5, 0.6) is 11.5 Å². The van der Waals surface area contributed by atoms with E-state index in [4.69, 9.17) is 14.2 Å². The molecule has 0 amide bonds. The van der Waals surface area contributed by atoms with E-state index in [0.717, 1.165) is 56.7 Å². The third kappa shape index (κ3) is 8.10. The summed E-state index contributed by atoms with van der Waals surface area (Å²) in [5, 5.41) is 6.67. The highest BCUT2D eigenvalue weighted by Crippen LogP contribution is 2.27. The Morgan fingerprint density at radius 2 is 2.04 bits per heavy atom. The molecule has 1 aliphatic heterocycles. The van der Waals surface area contributed by atoms with Gasteiger partial charge in [-0.2, -0.15) is 0 Å². The van der Waals surface area contributed by atoms with Crippen molar-refractivity contribution < 1.29 is 14.2 Å². The van der Waals surface area contributed by atoms with Gasteiger partial charge in [0.2, 0.25) is 0 Å². The average Bonchev–Trinajstić information content (AvgIpc) is 2.66. The van der Waals surface area contributed by atoms with E-state index in [1.807, 2.05) is 12.1 Å². The Hall–Kier alpha value is -1.26. The number of morpholine rings is 1. The predicted molar refractivity (Wildman–Crippen MR) is 120 cm³/mol. The van der Waals surface area contributed by atoms with Crippen molar-refractivity contribution in [3.8, 4) is 11.5 Å². The van der Waals surface area contributed by atoms with Crippen LogP contribution in [0.3, 0.4) is 0 Å². The zero-order valence-electron chi connectivity index (χ0n) is 16.8. The van der Waals surface area contributed by atoms with Gasteiger partial charge in [-0.05, 0) is 38.1 Å². The fourth-order valence-electron chi connectivity index (χ4n) is 2.87. The Morgan fingerprint density at radius 1 is 1.26 bits per heavy atom. The Bertz CT molecular complexity index is 586. The van der Waals surface area contributed by atoms with Crippen molar-refractivity contribution in [1.82, 2.24) is 15.5 Å². The average molecular weight is 492 g/mol. The molecule has 0 aliphatic carbocycles. The van der Waals surface area contributed by atoms with Crippen LogP contribution < -0.4 is 20.1 Å². The van der Waals surface area contributed by atoms with Gasteiger partial charge in [-0.1, -0.05) is 6.07 Å². The second-order valence-electron chi connectivity index (χ2n) is 6.34. The van der Waals surface area contributed by atoms with Crippen molar-refractivity contribution in [3.05, 3.63) is 23.8 Å². The molecular formula is C19H33IN4O3. The zero-order chi connectivity index (χ0) is 18.8. The van der Waals surface area contributed by atoms with E-state index in [0.29, 0.717) is 6.54 Å². The van der Waals surface area contributed by atoms with E-state index < -0.39 is 0 Å². The summed E-state index contributed by atoms with van der Waals surface area (Å²) in [6.07, 6.45) is 1.03. The molecule has 1 atom stereocenters. The molecule has 1 aromatic carbocycles. The lowest BCUT2D eigenvalue weighted by Crippen LogP contribution is -2.43. The van der Waals surface area contributed by atoms with Crippen LogP contribution in [0.1, 0.15) is 12.5 Å². The lowest BCUT2D eigenvalue weighted by molar-refractivity contribution is -0.0136. The maximum absolute atomic E-state index is 5.77. The van der Waals surface area contributed by atoms with E-state index in [1.165, 1.54) is 5.56 Å². The van der Waals surface area contributed by atoms with Crippen molar-refractivity contribution in [2.75, 3.05) is 60.6 Å². The normalized spacial score (nSPS) is 17.8. The predicted octanol–water partition coefficient (Wildman–Crippen LogP) is 1.75. The SMILES string of the molecule is CCNC(=NCC1CN(C)CCO1)NCCc1ccc(OC)c(OC)c1.I. The lowest BCUT2D eigenvalue weighted by atomic mass is 10.1. The smallest absolute Gasteiger partial charge is 0.191 e. The van der Waals surface area contributed by atoms with Crippen LogP contribution in [0.25, 0.3) is 0 Å². The molecule has 27 heavy (non-hydrogen) atoms. The number of nitrogens with zero attached hydrogens (tertiary/aromatic N) is 2. The number of methoxy groups -OCH3 is 2. The number of rotatable bonds is 8. The summed E-state index contributed by atoms with van der Waals surface area (Å²) >= 11 is 0. The molecule has 8 heteroatoms. The molecule has 1 aromatic rings. The van der Waals surface area contributed by atoms with Gasteiger partial charge < -0.3 is 29.7 Å². The van der Waals surface area contributed by atoms with Crippen LogP contribution in [0, 0.1) is 0 Å². The minimum atomic E-state index is 0. The highest BCUT2D eigenvalue weighted by molar-refractivity contribution is 14.0. The molecule has 1 heterocycles. The Morgan fingerprint density at radius 3 is 2.70 bits per heavy atom. The molecule has 1 aliphatic rings. The molecule has 0 radical (unpaired) electrons. The summed E-state index contributed by atoms with van der Waals surface area (Å²) in [5.74, 6) is 2.32. The molecular weight excluding hydrogens is 459 g/mol. The van der Waals surface area contributed by atoms with Crippen LogP contribution in [0.4, 0.5) is 0 Å². The molecule has 2 N–H and O–H groups in total. The molecule has 7 nitrogen and oxygen atoms in total. The Labute approximate surface area is 179 Å². The molecule has 0 spiro atoms. The topological polar surface area (TPSA) is 67.4 Å². The van der Waals surface area contributed by atoms with Crippen molar-refractivity contribution in [2.45, 2.75) is 19.4 Å². The maximum atomic E-state index is 5.77. The van der Waals surface area contributed by atoms with E-state index in [1.54, 1.807) is 14.2 Å². The number of aliphatic imine (C=N–C) groups is 1. The van der Waals surface area contributed by atoms with Gasteiger partial charge in [0.1, 0.15) is 0 Å². The fraction of sp³-hybridized carbons (Fsp3) is 0.632. The summed E-state index contributed by atoms with van der Waals surface area (Å²) in [6, 6.07) is 6.00. The number of hydrogen-bond donors (Lipinski definition) is 2. The highest BCUT2D eigenvalue weighted by Gasteiger charge is 2.17. The Balaban J connectivity index is 0.00000364. The van der Waals surface area contributed by atoms with E-state index in [9.17, 15) is 0 Å². The first-order valence-electron chi connectivity index (χ1n) is 9.19. The van der Waals surface area contributed by atoms with Gasteiger partial charge in [0.15, 0.2) is 17.5 Å². The van der Waals surface area contributed by atoms with Crippen LogP contribution >= 0.6 is 24.0 Å². The van der Waals surface area contributed by atoms with Gasteiger partial charge in [-0.3, -0.25) is 4.99 Å². The van der Waals surface area contributed by atoms with E-state index in [-0.39, 0.29) is 30.1 Å². The number of guanidine groups is 1. The van der Waals surface area contributed by atoms with Crippen molar-refractivity contribution >= 4 is 29.9 Å². The van der Waals surface area contributed by atoms with Gasteiger partial charge in [0.25, 0.3) is 0 Å². The first-order valence-corrected chi connectivity index (χ1v) is 9.19. The largest absolute Gasteiger partial charge is 0.493 e. The lowest BCUT2D eigenvalue weighted by Gasteiger charge is -2.29. The van der Waals surface area contributed by atoms with Crippen LogP contribution in [-0.2, 0) is 11.2 Å². The van der Waals surface area contributed by atoms with Crippen molar-refractivity contribution in [1.29, 1.82) is 0 Å². The van der Waals surface area contributed by atoms with E-state index >= 15 is 0 Å². The summed E-state index contributed by atoms with van der Waals surface area (Å²) in [7, 11) is 5.42. The van der Waals surface area contributed by atoms with Gasteiger partial charge in [0, 0.05) is 26.2 Å². The summed E-state index contributed by atoms with van der Waals surface area (Å²) < 4.78 is 16.4. The Kier molecular flexibility index (Phi) is 11.5. The molecule has 0 bridgehead atoms. The van der Waals surface area contributed by atoms with Crippen LogP contribution in [0.15, 0.2) is 23.2 Å². The fourth-order valence-corrected chi connectivity index (χ4v) is 2.87. The minimum Gasteiger partial charge on any atom is -0.493 e. The van der Waals surface area contributed by atoms with Crippen LogP contribution in [0.2, 0.25) is 0 Å². The van der Waals surface area contributed by atoms with Gasteiger partial charge >= 0.3 is 0 Å². The van der Waals surface area contributed by atoms with Crippen molar-refractivity contribution in [3.63, 3.8) is 0 Å². The minimum absolute atomic E-state index is 0. The third-order valence-corrected chi connectivity index (χ3v) is 4.29. The summed E-state index contributed by atoms with van der Waals surface area (Å²) in [5.41, 5.74) is 1.18. The number of hydrogen-bond acceptors (Lipinski definition) is 5. The molecule has 154 valence electrons. The first-order chi connectivity index (χ1) is 12.7. The van der Waals surface area contributed by atoms with E-state index in [2.05, 4.69) is 40.6 Å². The first kappa shape index (κ1) is 23.8. The summed E-state index contributed by atoms with van der Waals surface area (Å²) in [6.45, 7) is 7.03. The number of ether oxygens (including phenoxy) is 3. The summed E-state index contributed by atoms with van der Waals surface area (Å²) in [4.78, 5) is 6.94. The maximum Gasteiger partial charge on any atom is 0.191 e. The number of nitrogens with one attached hydrogen (secondary N) is 2.